The van der Waals surface area contributed by atoms with Gasteiger partial charge in [-0.1, -0.05) is 22.0 Å². The highest BCUT2D eigenvalue weighted by atomic mass is 79.9. The zero-order chi connectivity index (χ0) is 12.7. The number of aryl methyl sites for hydroxylation is 1. The first kappa shape index (κ1) is 12.0. The van der Waals surface area contributed by atoms with Crippen LogP contribution in [0.1, 0.15) is 17.7 Å². The molecular formula is C15H17BrN2. The molecule has 1 aliphatic heterocycles. The van der Waals surface area contributed by atoms with Gasteiger partial charge in [0.1, 0.15) is 0 Å². The molecule has 0 bridgehead atoms. The van der Waals surface area contributed by atoms with Gasteiger partial charge < -0.3 is 9.88 Å². The van der Waals surface area contributed by atoms with Crippen LogP contribution in [0.3, 0.4) is 0 Å². The normalized spacial score (nSPS) is 16.1. The van der Waals surface area contributed by atoms with Crippen LogP contribution in [0.4, 0.5) is 0 Å². The topological polar surface area (TPSA) is 17.0 Å². The summed E-state index contributed by atoms with van der Waals surface area (Å²) in [5, 5.41) is 4.74. The summed E-state index contributed by atoms with van der Waals surface area (Å²) in [4.78, 5) is 0. The van der Waals surface area contributed by atoms with Gasteiger partial charge in [-0.2, -0.15) is 0 Å². The molecule has 0 aliphatic carbocycles. The highest BCUT2D eigenvalue weighted by Gasteiger charge is 2.16. The van der Waals surface area contributed by atoms with E-state index in [0.29, 0.717) is 0 Å². The molecule has 1 aromatic carbocycles. The average Bonchev–Trinajstić information content (AvgIpc) is 2.63. The Morgan fingerprint density at radius 3 is 2.89 bits per heavy atom. The minimum atomic E-state index is 0.985. The van der Waals surface area contributed by atoms with Crippen molar-refractivity contribution in [3.05, 3.63) is 40.0 Å². The molecule has 0 amide bonds. The van der Waals surface area contributed by atoms with Gasteiger partial charge in [0, 0.05) is 40.2 Å². The van der Waals surface area contributed by atoms with Gasteiger partial charge in [0.25, 0.3) is 0 Å². The number of hydrogen-bond acceptors (Lipinski definition) is 1. The van der Waals surface area contributed by atoms with Crippen molar-refractivity contribution >= 4 is 32.4 Å². The van der Waals surface area contributed by atoms with Crippen molar-refractivity contribution in [2.75, 3.05) is 13.1 Å². The van der Waals surface area contributed by atoms with E-state index in [0.717, 1.165) is 24.0 Å². The number of benzene rings is 1. The lowest BCUT2D eigenvalue weighted by Crippen LogP contribution is -2.20. The lowest BCUT2D eigenvalue weighted by molar-refractivity contribution is 0.738. The summed E-state index contributed by atoms with van der Waals surface area (Å²) in [7, 11) is 2.15. The van der Waals surface area contributed by atoms with Crippen molar-refractivity contribution in [1.82, 2.24) is 9.88 Å². The maximum absolute atomic E-state index is 3.58. The molecule has 2 aromatic rings. The summed E-state index contributed by atoms with van der Waals surface area (Å²) >= 11 is 3.58. The van der Waals surface area contributed by atoms with Crippen molar-refractivity contribution in [3.8, 4) is 0 Å². The number of hydrogen-bond donors (Lipinski definition) is 1. The Hall–Kier alpha value is -1.06. The summed E-state index contributed by atoms with van der Waals surface area (Å²) in [6.07, 6.45) is 3.44. The average molecular weight is 305 g/mol. The molecule has 18 heavy (non-hydrogen) atoms. The van der Waals surface area contributed by atoms with Crippen LogP contribution < -0.4 is 5.32 Å². The second-order valence-electron chi connectivity index (χ2n) is 4.86. The Balaban J connectivity index is 2.30. The molecule has 0 saturated carbocycles. The molecule has 0 spiro atoms. The van der Waals surface area contributed by atoms with Crippen LogP contribution >= 0.6 is 15.9 Å². The van der Waals surface area contributed by atoms with Crippen LogP contribution in [0.2, 0.25) is 0 Å². The Kier molecular flexibility index (Phi) is 3.04. The SMILES string of the molecule is Cc1c(C2=CCNCC2)c2cc(Br)ccc2n1C. The fraction of sp³-hybridized carbons (Fsp3) is 0.333. The first-order chi connectivity index (χ1) is 8.68. The zero-order valence-corrected chi connectivity index (χ0v) is 12.3. The summed E-state index contributed by atoms with van der Waals surface area (Å²) < 4.78 is 3.44. The van der Waals surface area contributed by atoms with Gasteiger partial charge >= 0.3 is 0 Å². The highest BCUT2D eigenvalue weighted by Crippen LogP contribution is 2.34. The highest BCUT2D eigenvalue weighted by molar-refractivity contribution is 9.10. The molecule has 0 radical (unpaired) electrons. The van der Waals surface area contributed by atoms with Crippen molar-refractivity contribution in [3.63, 3.8) is 0 Å². The van der Waals surface area contributed by atoms with E-state index < -0.39 is 0 Å². The molecule has 1 N–H and O–H groups in total. The minimum absolute atomic E-state index is 0.985. The van der Waals surface area contributed by atoms with E-state index in [-0.39, 0.29) is 0 Å². The van der Waals surface area contributed by atoms with E-state index in [1.807, 2.05) is 0 Å². The van der Waals surface area contributed by atoms with Gasteiger partial charge in [-0.25, -0.2) is 0 Å². The Bertz CT molecular complexity index is 637. The van der Waals surface area contributed by atoms with Gasteiger partial charge in [0.05, 0.1) is 0 Å². The third-order valence-corrected chi connectivity index (χ3v) is 4.33. The Labute approximate surface area is 116 Å². The monoisotopic (exact) mass is 304 g/mol. The summed E-state index contributed by atoms with van der Waals surface area (Å²) in [5.41, 5.74) is 5.58. The van der Waals surface area contributed by atoms with Gasteiger partial charge in [0.2, 0.25) is 0 Å². The van der Waals surface area contributed by atoms with Crippen molar-refractivity contribution < 1.29 is 0 Å². The second kappa shape index (κ2) is 4.56. The fourth-order valence-corrected chi connectivity index (χ4v) is 3.16. The fourth-order valence-electron chi connectivity index (χ4n) is 2.80. The van der Waals surface area contributed by atoms with Gasteiger partial charge in [-0.05, 0) is 43.7 Å². The largest absolute Gasteiger partial charge is 0.347 e. The molecule has 0 unspecified atom stereocenters. The summed E-state index contributed by atoms with van der Waals surface area (Å²) in [5.74, 6) is 0. The predicted molar refractivity (Wildman–Crippen MR) is 80.8 cm³/mol. The summed E-state index contributed by atoms with van der Waals surface area (Å²) in [6.45, 7) is 4.28. The molecule has 1 aliphatic rings. The first-order valence-corrected chi connectivity index (χ1v) is 7.12. The third kappa shape index (κ3) is 1.82. The molecule has 2 heterocycles. The molecule has 2 nitrogen and oxygen atoms in total. The first-order valence-electron chi connectivity index (χ1n) is 6.33. The van der Waals surface area contributed by atoms with Gasteiger partial charge in [-0.15, -0.1) is 0 Å². The molecule has 3 heteroatoms. The Morgan fingerprint density at radius 2 is 2.17 bits per heavy atom. The van der Waals surface area contributed by atoms with Gasteiger partial charge in [-0.3, -0.25) is 0 Å². The van der Waals surface area contributed by atoms with Crippen molar-refractivity contribution in [2.24, 2.45) is 7.05 Å². The van der Waals surface area contributed by atoms with Crippen LogP contribution in [0.25, 0.3) is 16.5 Å². The molecule has 0 fully saturated rings. The number of nitrogens with one attached hydrogen (secondary N) is 1. The van der Waals surface area contributed by atoms with Crippen molar-refractivity contribution in [2.45, 2.75) is 13.3 Å². The molecule has 1 aromatic heterocycles. The van der Waals surface area contributed by atoms with Crippen LogP contribution in [-0.2, 0) is 7.05 Å². The Morgan fingerprint density at radius 1 is 1.33 bits per heavy atom. The van der Waals surface area contributed by atoms with Crippen LogP contribution in [0.5, 0.6) is 0 Å². The molecular weight excluding hydrogens is 288 g/mol. The van der Waals surface area contributed by atoms with Crippen LogP contribution in [0.15, 0.2) is 28.7 Å². The second-order valence-corrected chi connectivity index (χ2v) is 5.78. The van der Waals surface area contributed by atoms with Crippen LogP contribution in [0, 0.1) is 6.92 Å². The van der Waals surface area contributed by atoms with Crippen molar-refractivity contribution in [1.29, 1.82) is 0 Å². The smallest absolute Gasteiger partial charge is 0.0486 e. The van der Waals surface area contributed by atoms with E-state index in [2.05, 4.69) is 64.1 Å². The number of aromatic nitrogens is 1. The molecule has 0 saturated heterocycles. The molecule has 3 rings (SSSR count). The maximum atomic E-state index is 3.58. The third-order valence-electron chi connectivity index (χ3n) is 3.84. The van der Waals surface area contributed by atoms with E-state index in [1.54, 1.807) is 0 Å². The number of halogens is 1. The van der Waals surface area contributed by atoms with E-state index in [4.69, 9.17) is 0 Å². The van der Waals surface area contributed by atoms with Crippen LogP contribution in [-0.4, -0.2) is 17.7 Å². The number of nitrogens with zero attached hydrogens (tertiary/aromatic N) is 1. The maximum Gasteiger partial charge on any atom is 0.0486 e. The minimum Gasteiger partial charge on any atom is -0.347 e. The number of rotatable bonds is 1. The lowest BCUT2D eigenvalue weighted by atomic mass is 9.97. The quantitative estimate of drug-likeness (QED) is 0.851. The standard InChI is InChI=1S/C15H17BrN2/c1-10-15(11-5-7-17-8-6-11)13-9-12(16)3-4-14(13)18(10)2/h3-5,9,17H,6-8H2,1-2H3. The summed E-state index contributed by atoms with van der Waals surface area (Å²) in [6, 6.07) is 6.54. The lowest BCUT2D eigenvalue weighted by Gasteiger charge is -2.14. The van der Waals surface area contributed by atoms with E-state index in [1.165, 1.54) is 27.7 Å². The van der Waals surface area contributed by atoms with Gasteiger partial charge in [0.15, 0.2) is 0 Å². The predicted octanol–water partition coefficient (Wildman–Crippen LogP) is 3.63. The number of fused-ring (bicyclic) bond motifs is 1. The molecule has 94 valence electrons. The van der Waals surface area contributed by atoms with E-state index >= 15 is 0 Å². The molecule has 0 atom stereocenters. The van der Waals surface area contributed by atoms with E-state index in [9.17, 15) is 0 Å². The zero-order valence-electron chi connectivity index (χ0n) is 10.8.